The van der Waals surface area contributed by atoms with Crippen LogP contribution >= 0.6 is 0 Å². The SMILES string of the molecule is CC(C)(CCC(=O)O)NC(=O)N1CCCNCC1. The van der Waals surface area contributed by atoms with E-state index >= 15 is 0 Å². The first-order chi connectivity index (χ1) is 8.41. The number of urea groups is 1. The molecule has 0 aromatic rings. The van der Waals surface area contributed by atoms with Crippen molar-refractivity contribution >= 4 is 12.0 Å². The van der Waals surface area contributed by atoms with E-state index in [1.807, 2.05) is 13.8 Å². The lowest BCUT2D eigenvalue weighted by Crippen LogP contribution is -2.51. The zero-order chi connectivity index (χ0) is 13.6. The Hall–Kier alpha value is -1.30. The maximum atomic E-state index is 12.1. The molecule has 1 rings (SSSR count). The van der Waals surface area contributed by atoms with Gasteiger partial charge in [0.2, 0.25) is 0 Å². The van der Waals surface area contributed by atoms with Crippen molar-refractivity contribution in [2.75, 3.05) is 26.2 Å². The van der Waals surface area contributed by atoms with Gasteiger partial charge in [-0.1, -0.05) is 0 Å². The fourth-order valence-electron chi connectivity index (χ4n) is 1.90. The number of amides is 2. The molecule has 0 spiro atoms. The molecule has 0 saturated carbocycles. The van der Waals surface area contributed by atoms with Gasteiger partial charge in [0.1, 0.15) is 0 Å². The van der Waals surface area contributed by atoms with Crippen LogP contribution in [0, 0.1) is 0 Å². The van der Waals surface area contributed by atoms with Crippen molar-refractivity contribution in [1.82, 2.24) is 15.5 Å². The maximum Gasteiger partial charge on any atom is 0.317 e. The predicted molar refractivity (Wildman–Crippen MR) is 68.5 cm³/mol. The molecular weight excluding hydrogens is 234 g/mol. The Morgan fingerprint density at radius 1 is 1.33 bits per heavy atom. The third-order valence-corrected chi connectivity index (χ3v) is 3.04. The molecule has 0 atom stereocenters. The molecule has 1 aliphatic rings. The highest BCUT2D eigenvalue weighted by molar-refractivity contribution is 5.75. The lowest BCUT2D eigenvalue weighted by Gasteiger charge is -2.30. The highest BCUT2D eigenvalue weighted by Crippen LogP contribution is 2.12. The lowest BCUT2D eigenvalue weighted by atomic mass is 9.99. The molecule has 18 heavy (non-hydrogen) atoms. The second-order valence-corrected chi connectivity index (χ2v) is 5.30. The predicted octanol–water partition coefficient (Wildman–Crippen LogP) is 0.635. The molecule has 0 radical (unpaired) electrons. The summed E-state index contributed by atoms with van der Waals surface area (Å²) in [6, 6.07) is -0.103. The normalized spacial score (nSPS) is 17.1. The summed E-state index contributed by atoms with van der Waals surface area (Å²) in [7, 11) is 0. The van der Waals surface area contributed by atoms with E-state index in [2.05, 4.69) is 10.6 Å². The summed E-state index contributed by atoms with van der Waals surface area (Å²) >= 11 is 0. The smallest absolute Gasteiger partial charge is 0.317 e. The molecule has 6 nitrogen and oxygen atoms in total. The van der Waals surface area contributed by atoms with Gasteiger partial charge in [0, 0.05) is 31.6 Å². The Morgan fingerprint density at radius 2 is 2.06 bits per heavy atom. The van der Waals surface area contributed by atoms with Crippen LogP contribution in [0.5, 0.6) is 0 Å². The summed E-state index contributed by atoms with van der Waals surface area (Å²) < 4.78 is 0. The van der Waals surface area contributed by atoms with Gasteiger partial charge in [-0.05, 0) is 33.2 Å². The highest BCUT2D eigenvalue weighted by Gasteiger charge is 2.24. The molecule has 2 amide bonds. The van der Waals surface area contributed by atoms with Gasteiger partial charge >= 0.3 is 12.0 Å². The number of carboxylic acids is 1. The standard InChI is InChI=1S/C12H23N3O3/c1-12(2,5-4-10(16)17)14-11(18)15-8-3-6-13-7-9-15/h13H,3-9H2,1-2H3,(H,14,18)(H,16,17). The van der Waals surface area contributed by atoms with Gasteiger partial charge in [-0.15, -0.1) is 0 Å². The fourth-order valence-corrected chi connectivity index (χ4v) is 1.90. The monoisotopic (exact) mass is 257 g/mol. The third-order valence-electron chi connectivity index (χ3n) is 3.04. The van der Waals surface area contributed by atoms with Crippen LogP contribution < -0.4 is 10.6 Å². The van der Waals surface area contributed by atoms with Crippen molar-refractivity contribution in [1.29, 1.82) is 0 Å². The number of carboxylic acid groups (broad SMARTS) is 1. The summed E-state index contributed by atoms with van der Waals surface area (Å²) in [5, 5.41) is 14.8. The first-order valence-corrected chi connectivity index (χ1v) is 6.40. The van der Waals surface area contributed by atoms with Crippen LogP contribution in [-0.2, 0) is 4.79 Å². The number of hydrogen-bond donors (Lipinski definition) is 3. The molecule has 1 fully saturated rings. The molecule has 0 bridgehead atoms. The largest absolute Gasteiger partial charge is 0.481 e. The van der Waals surface area contributed by atoms with Crippen LogP contribution in [0.25, 0.3) is 0 Å². The minimum atomic E-state index is -0.837. The van der Waals surface area contributed by atoms with Crippen LogP contribution in [0.3, 0.4) is 0 Å². The van der Waals surface area contributed by atoms with Crippen molar-refractivity contribution in [3.05, 3.63) is 0 Å². The van der Waals surface area contributed by atoms with Crippen LogP contribution in [0.15, 0.2) is 0 Å². The van der Waals surface area contributed by atoms with Gasteiger partial charge in [-0.3, -0.25) is 4.79 Å². The molecular formula is C12H23N3O3. The minimum Gasteiger partial charge on any atom is -0.481 e. The Morgan fingerprint density at radius 3 is 2.72 bits per heavy atom. The number of aliphatic carboxylic acids is 1. The number of nitrogens with one attached hydrogen (secondary N) is 2. The van der Waals surface area contributed by atoms with Gasteiger partial charge < -0.3 is 20.6 Å². The van der Waals surface area contributed by atoms with E-state index in [-0.39, 0.29) is 12.5 Å². The Labute approximate surface area is 108 Å². The first-order valence-electron chi connectivity index (χ1n) is 6.40. The van der Waals surface area contributed by atoms with Crippen molar-refractivity contribution in [2.24, 2.45) is 0 Å². The molecule has 1 aliphatic heterocycles. The van der Waals surface area contributed by atoms with Crippen LogP contribution in [-0.4, -0.2) is 53.7 Å². The van der Waals surface area contributed by atoms with Crippen LogP contribution in [0.2, 0.25) is 0 Å². The molecule has 0 aliphatic carbocycles. The minimum absolute atomic E-state index is 0.0643. The average molecular weight is 257 g/mol. The quantitative estimate of drug-likeness (QED) is 0.690. The zero-order valence-electron chi connectivity index (χ0n) is 11.2. The number of carbonyl (C=O) groups excluding carboxylic acids is 1. The average Bonchev–Trinajstić information content (AvgIpc) is 2.54. The highest BCUT2D eigenvalue weighted by atomic mass is 16.4. The molecule has 0 aromatic carbocycles. The van der Waals surface area contributed by atoms with E-state index in [1.54, 1.807) is 4.90 Å². The third kappa shape index (κ3) is 5.35. The van der Waals surface area contributed by atoms with Crippen molar-refractivity contribution in [3.63, 3.8) is 0 Å². The molecule has 104 valence electrons. The summed E-state index contributed by atoms with van der Waals surface area (Å²) in [5.41, 5.74) is -0.491. The Kier molecular flexibility index (Phi) is 5.40. The van der Waals surface area contributed by atoms with Crippen LogP contribution in [0.4, 0.5) is 4.79 Å². The lowest BCUT2D eigenvalue weighted by molar-refractivity contribution is -0.137. The topological polar surface area (TPSA) is 81.7 Å². The van der Waals surface area contributed by atoms with Gasteiger partial charge in [0.25, 0.3) is 0 Å². The molecule has 0 aromatic heterocycles. The van der Waals surface area contributed by atoms with Gasteiger partial charge in [-0.25, -0.2) is 4.79 Å². The van der Waals surface area contributed by atoms with E-state index in [0.717, 1.165) is 26.1 Å². The van der Waals surface area contributed by atoms with Gasteiger partial charge in [0.05, 0.1) is 0 Å². The Balaban J connectivity index is 2.43. The molecule has 6 heteroatoms. The second-order valence-electron chi connectivity index (χ2n) is 5.30. The number of hydrogen-bond acceptors (Lipinski definition) is 3. The summed E-state index contributed by atoms with van der Waals surface area (Å²) in [5.74, 6) is -0.837. The number of nitrogens with zero attached hydrogens (tertiary/aromatic N) is 1. The zero-order valence-corrected chi connectivity index (χ0v) is 11.2. The number of rotatable bonds is 4. The van der Waals surface area contributed by atoms with Crippen LogP contribution in [0.1, 0.15) is 33.1 Å². The Bertz CT molecular complexity index is 297. The fraction of sp³-hybridized carbons (Fsp3) is 0.833. The van der Waals surface area contributed by atoms with E-state index in [1.165, 1.54) is 0 Å². The number of carbonyl (C=O) groups is 2. The maximum absolute atomic E-state index is 12.1. The van der Waals surface area contributed by atoms with E-state index in [0.29, 0.717) is 13.0 Å². The van der Waals surface area contributed by atoms with E-state index in [9.17, 15) is 9.59 Å². The van der Waals surface area contributed by atoms with Crippen molar-refractivity contribution in [2.45, 2.75) is 38.6 Å². The summed E-state index contributed by atoms with van der Waals surface area (Å²) in [4.78, 5) is 24.4. The van der Waals surface area contributed by atoms with Gasteiger partial charge in [-0.2, -0.15) is 0 Å². The molecule has 1 saturated heterocycles. The van der Waals surface area contributed by atoms with E-state index < -0.39 is 11.5 Å². The molecule has 3 N–H and O–H groups in total. The van der Waals surface area contributed by atoms with Crippen molar-refractivity contribution < 1.29 is 14.7 Å². The summed E-state index contributed by atoms with van der Waals surface area (Å²) in [6.45, 7) is 6.89. The van der Waals surface area contributed by atoms with Gasteiger partial charge in [0.15, 0.2) is 0 Å². The van der Waals surface area contributed by atoms with Crippen molar-refractivity contribution in [3.8, 4) is 0 Å². The van der Waals surface area contributed by atoms with E-state index in [4.69, 9.17) is 5.11 Å². The molecule has 0 unspecified atom stereocenters. The first kappa shape index (κ1) is 14.8. The summed E-state index contributed by atoms with van der Waals surface area (Å²) in [6.07, 6.45) is 1.44. The second kappa shape index (κ2) is 6.58. The molecule has 1 heterocycles.